The Labute approximate surface area is 165 Å². The molecule has 0 bridgehead atoms. The Kier molecular flexibility index (Phi) is 5.18. The lowest BCUT2D eigenvalue weighted by Crippen LogP contribution is -2.44. The van der Waals surface area contributed by atoms with Crippen LogP contribution in [0.1, 0.15) is 0 Å². The molecule has 10 heteroatoms. The first-order valence-electron chi connectivity index (χ1n) is 9.34. The van der Waals surface area contributed by atoms with Crippen LogP contribution in [0.3, 0.4) is 0 Å². The van der Waals surface area contributed by atoms with Crippen LogP contribution in [0.5, 0.6) is 0 Å². The van der Waals surface area contributed by atoms with Gasteiger partial charge in [-0.1, -0.05) is 6.07 Å². The second-order valence-corrected chi connectivity index (χ2v) is 7.07. The van der Waals surface area contributed by atoms with Crippen molar-refractivity contribution in [2.75, 3.05) is 55.3 Å². The molecule has 1 aromatic carbocycles. The minimum atomic E-state index is -4.34. The highest BCUT2D eigenvalue weighted by atomic mass is 19.4. The Balaban J connectivity index is 1.55. The first-order chi connectivity index (χ1) is 13.9. The standard InChI is InChI=1S/C19H22F3N7/c1-28-7-9-29(10-8-28)14-4-2-3-13(11-14)25-18-26-16-15(5-6-23-16)17(27-18)24-12-19(20,21)22/h2-6,11H,7-10,12H2,1H3,(H3,23,24,25,26,27). The summed E-state index contributed by atoms with van der Waals surface area (Å²) in [5.41, 5.74) is 2.32. The van der Waals surface area contributed by atoms with Gasteiger partial charge in [-0.2, -0.15) is 23.1 Å². The highest BCUT2D eigenvalue weighted by Gasteiger charge is 2.27. The first-order valence-corrected chi connectivity index (χ1v) is 9.34. The van der Waals surface area contributed by atoms with Crippen molar-refractivity contribution in [1.82, 2.24) is 19.9 Å². The molecule has 0 radical (unpaired) electrons. The van der Waals surface area contributed by atoms with Crippen molar-refractivity contribution in [2.24, 2.45) is 0 Å². The van der Waals surface area contributed by atoms with E-state index in [-0.39, 0.29) is 11.8 Å². The molecule has 0 spiro atoms. The summed E-state index contributed by atoms with van der Waals surface area (Å²) in [6.07, 6.45) is -2.71. The van der Waals surface area contributed by atoms with Gasteiger partial charge in [0.2, 0.25) is 5.95 Å². The third-order valence-corrected chi connectivity index (χ3v) is 4.84. The van der Waals surface area contributed by atoms with Crippen LogP contribution in [0, 0.1) is 0 Å². The number of nitrogens with one attached hydrogen (secondary N) is 3. The van der Waals surface area contributed by atoms with E-state index in [1.807, 2.05) is 24.3 Å². The number of aromatic nitrogens is 3. The van der Waals surface area contributed by atoms with E-state index in [4.69, 9.17) is 0 Å². The van der Waals surface area contributed by atoms with E-state index in [2.05, 4.69) is 42.4 Å². The summed E-state index contributed by atoms with van der Waals surface area (Å²) in [5, 5.41) is 5.97. The van der Waals surface area contributed by atoms with E-state index >= 15 is 0 Å². The Bertz CT molecular complexity index is 977. The number of piperazine rings is 1. The van der Waals surface area contributed by atoms with Crippen LogP contribution >= 0.6 is 0 Å². The Morgan fingerprint density at radius 2 is 1.90 bits per heavy atom. The fourth-order valence-corrected chi connectivity index (χ4v) is 3.29. The van der Waals surface area contributed by atoms with E-state index in [9.17, 15) is 13.2 Å². The summed E-state index contributed by atoms with van der Waals surface area (Å²) in [4.78, 5) is 16.1. The maximum atomic E-state index is 12.6. The molecule has 0 unspecified atom stereocenters. The van der Waals surface area contributed by atoms with Crippen LogP contribution in [-0.2, 0) is 0 Å². The minimum Gasteiger partial charge on any atom is -0.369 e. The summed E-state index contributed by atoms with van der Waals surface area (Å²) < 4.78 is 37.9. The number of fused-ring (bicyclic) bond motifs is 1. The Morgan fingerprint density at radius 1 is 1.10 bits per heavy atom. The molecular formula is C19H22F3N7. The number of likely N-dealkylation sites (N-methyl/N-ethyl adjacent to an activating group) is 1. The molecule has 7 nitrogen and oxygen atoms in total. The molecule has 1 saturated heterocycles. The fourth-order valence-electron chi connectivity index (χ4n) is 3.29. The second kappa shape index (κ2) is 7.78. The lowest BCUT2D eigenvalue weighted by molar-refractivity contribution is -0.115. The van der Waals surface area contributed by atoms with Gasteiger partial charge in [0.25, 0.3) is 0 Å². The van der Waals surface area contributed by atoms with Crippen LogP contribution in [-0.4, -0.2) is 65.8 Å². The zero-order chi connectivity index (χ0) is 20.4. The van der Waals surface area contributed by atoms with E-state index in [0.717, 1.165) is 37.6 Å². The molecule has 3 N–H and O–H groups in total. The van der Waals surface area contributed by atoms with Crippen molar-refractivity contribution in [3.05, 3.63) is 36.5 Å². The molecule has 0 amide bonds. The van der Waals surface area contributed by atoms with Gasteiger partial charge in [-0.3, -0.25) is 0 Å². The average molecular weight is 405 g/mol. The predicted octanol–water partition coefficient (Wildman–Crippen LogP) is 3.43. The molecule has 1 fully saturated rings. The molecule has 2 aromatic heterocycles. The van der Waals surface area contributed by atoms with Crippen LogP contribution in [0.4, 0.5) is 36.3 Å². The number of nitrogens with zero attached hydrogens (tertiary/aromatic N) is 4. The Hall–Kier alpha value is -3.01. The smallest absolute Gasteiger partial charge is 0.369 e. The number of hydrogen-bond acceptors (Lipinski definition) is 6. The Morgan fingerprint density at radius 3 is 2.66 bits per heavy atom. The summed E-state index contributed by atoms with van der Waals surface area (Å²) in [7, 11) is 2.10. The van der Waals surface area contributed by atoms with Gasteiger partial charge < -0.3 is 25.4 Å². The first kappa shape index (κ1) is 19.3. The maximum Gasteiger partial charge on any atom is 0.405 e. The maximum absolute atomic E-state index is 12.6. The molecule has 1 aliphatic heterocycles. The SMILES string of the molecule is CN1CCN(c2cccc(Nc3nc(NCC(F)(F)F)c4cc[nH]c4n3)c2)CC1. The van der Waals surface area contributed by atoms with Gasteiger partial charge in [0.1, 0.15) is 18.0 Å². The summed E-state index contributed by atoms with van der Waals surface area (Å²) in [5.74, 6) is 0.353. The van der Waals surface area contributed by atoms with Gasteiger partial charge in [0.05, 0.1) is 5.39 Å². The van der Waals surface area contributed by atoms with Gasteiger partial charge in [-0.05, 0) is 31.3 Å². The van der Waals surface area contributed by atoms with Crippen LogP contribution in [0.2, 0.25) is 0 Å². The number of hydrogen-bond donors (Lipinski definition) is 3. The van der Waals surface area contributed by atoms with E-state index in [1.165, 1.54) is 0 Å². The fraction of sp³-hybridized carbons (Fsp3) is 0.368. The topological polar surface area (TPSA) is 72.1 Å². The number of alkyl halides is 3. The number of rotatable bonds is 5. The summed E-state index contributed by atoms with van der Waals surface area (Å²) in [6, 6.07) is 9.50. The van der Waals surface area contributed by atoms with Gasteiger partial charge in [-0.15, -0.1) is 0 Å². The van der Waals surface area contributed by atoms with Crippen molar-refractivity contribution in [3.63, 3.8) is 0 Å². The number of benzene rings is 1. The van der Waals surface area contributed by atoms with Crippen molar-refractivity contribution >= 4 is 34.2 Å². The van der Waals surface area contributed by atoms with Crippen molar-refractivity contribution in [1.29, 1.82) is 0 Å². The zero-order valence-electron chi connectivity index (χ0n) is 15.9. The number of H-pyrrole nitrogens is 1. The summed E-state index contributed by atoms with van der Waals surface area (Å²) >= 11 is 0. The molecule has 3 aromatic rings. The van der Waals surface area contributed by atoms with Crippen LogP contribution in [0.15, 0.2) is 36.5 Å². The van der Waals surface area contributed by atoms with Crippen molar-refractivity contribution in [3.8, 4) is 0 Å². The monoisotopic (exact) mass is 405 g/mol. The highest BCUT2D eigenvalue weighted by molar-refractivity contribution is 5.88. The zero-order valence-corrected chi connectivity index (χ0v) is 15.9. The third-order valence-electron chi connectivity index (χ3n) is 4.84. The van der Waals surface area contributed by atoms with Gasteiger partial charge >= 0.3 is 6.18 Å². The third kappa shape index (κ3) is 4.70. The van der Waals surface area contributed by atoms with Crippen molar-refractivity contribution < 1.29 is 13.2 Å². The summed E-state index contributed by atoms with van der Waals surface area (Å²) in [6.45, 7) is 2.71. The van der Waals surface area contributed by atoms with E-state index in [0.29, 0.717) is 11.0 Å². The van der Waals surface area contributed by atoms with Crippen LogP contribution < -0.4 is 15.5 Å². The van der Waals surface area contributed by atoms with Crippen LogP contribution in [0.25, 0.3) is 11.0 Å². The highest BCUT2D eigenvalue weighted by Crippen LogP contribution is 2.26. The van der Waals surface area contributed by atoms with Gasteiger partial charge in [-0.25, -0.2) is 0 Å². The predicted molar refractivity (Wildman–Crippen MR) is 108 cm³/mol. The molecule has 0 atom stereocenters. The molecule has 0 saturated carbocycles. The quantitative estimate of drug-likeness (QED) is 0.604. The van der Waals surface area contributed by atoms with E-state index < -0.39 is 12.7 Å². The lowest BCUT2D eigenvalue weighted by atomic mass is 10.2. The molecule has 1 aliphatic rings. The minimum absolute atomic E-state index is 0.131. The lowest BCUT2D eigenvalue weighted by Gasteiger charge is -2.34. The molecular weight excluding hydrogens is 383 g/mol. The van der Waals surface area contributed by atoms with Gasteiger partial charge in [0, 0.05) is 43.8 Å². The number of halogens is 3. The normalized spacial score (nSPS) is 15.7. The molecule has 4 rings (SSSR count). The molecule has 0 aliphatic carbocycles. The molecule has 29 heavy (non-hydrogen) atoms. The average Bonchev–Trinajstić information content (AvgIpc) is 3.15. The number of aromatic amines is 1. The van der Waals surface area contributed by atoms with Crippen molar-refractivity contribution in [2.45, 2.75) is 6.18 Å². The molecule has 154 valence electrons. The van der Waals surface area contributed by atoms with Gasteiger partial charge in [0.15, 0.2) is 0 Å². The largest absolute Gasteiger partial charge is 0.405 e. The number of anilines is 4. The second-order valence-electron chi connectivity index (χ2n) is 7.07. The molecule has 3 heterocycles. The van der Waals surface area contributed by atoms with E-state index in [1.54, 1.807) is 12.3 Å².